The summed E-state index contributed by atoms with van der Waals surface area (Å²) in [6.45, 7) is 5.07. The molecular formula is C18H29N3O3S. The third-order valence-corrected chi connectivity index (χ3v) is 6.73. The van der Waals surface area contributed by atoms with Gasteiger partial charge in [-0.3, -0.25) is 4.79 Å². The molecule has 25 heavy (non-hydrogen) atoms. The van der Waals surface area contributed by atoms with Crippen molar-refractivity contribution in [3.05, 3.63) is 29.8 Å². The number of amides is 1. The fourth-order valence-corrected chi connectivity index (χ4v) is 4.27. The molecule has 6 nitrogen and oxygen atoms in total. The summed E-state index contributed by atoms with van der Waals surface area (Å²) in [5, 5.41) is 2.87. The lowest BCUT2D eigenvalue weighted by Gasteiger charge is -2.18. The highest BCUT2D eigenvalue weighted by Gasteiger charge is 2.28. The second kappa shape index (κ2) is 8.78. The Hall–Kier alpha value is -1.44. The SMILES string of the molecule is CCN(CC)S(=O)(=O)c1ccc(CCC(=O)NCC(N)C2CC2)cc1. The van der Waals surface area contributed by atoms with Gasteiger partial charge in [0.05, 0.1) is 4.90 Å². The highest BCUT2D eigenvalue weighted by molar-refractivity contribution is 7.89. The lowest BCUT2D eigenvalue weighted by Crippen LogP contribution is -2.38. The second-order valence-corrected chi connectivity index (χ2v) is 8.48. The van der Waals surface area contributed by atoms with E-state index in [-0.39, 0.29) is 11.9 Å². The molecule has 2 rings (SSSR count). The number of carbonyl (C=O) groups is 1. The monoisotopic (exact) mass is 367 g/mol. The Kier molecular flexibility index (Phi) is 6.98. The Morgan fingerprint density at radius 1 is 1.24 bits per heavy atom. The molecule has 1 fully saturated rings. The maximum absolute atomic E-state index is 12.4. The topological polar surface area (TPSA) is 92.5 Å². The lowest BCUT2D eigenvalue weighted by molar-refractivity contribution is -0.121. The Morgan fingerprint density at radius 2 is 1.84 bits per heavy atom. The fraction of sp³-hybridized carbons (Fsp3) is 0.611. The summed E-state index contributed by atoms with van der Waals surface area (Å²) in [6.07, 6.45) is 3.29. The number of benzene rings is 1. The third kappa shape index (κ3) is 5.52. The summed E-state index contributed by atoms with van der Waals surface area (Å²) >= 11 is 0. The first-order valence-electron chi connectivity index (χ1n) is 8.99. The molecule has 1 aromatic carbocycles. The number of hydrogen-bond donors (Lipinski definition) is 2. The molecule has 140 valence electrons. The maximum atomic E-state index is 12.4. The lowest BCUT2D eigenvalue weighted by atomic mass is 10.1. The van der Waals surface area contributed by atoms with Crippen molar-refractivity contribution >= 4 is 15.9 Å². The molecule has 0 spiro atoms. The number of carbonyl (C=O) groups excluding carboxylic acids is 1. The van der Waals surface area contributed by atoms with Gasteiger partial charge in [-0.05, 0) is 42.9 Å². The van der Waals surface area contributed by atoms with Crippen molar-refractivity contribution in [2.24, 2.45) is 11.7 Å². The minimum absolute atomic E-state index is 0.0176. The fourth-order valence-electron chi connectivity index (χ4n) is 2.81. The predicted molar refractivity (Wildman–Crippen MR) is 98.6 cm³/mol. The van der Waals surface area contributed by atoms with Crippen LogP contribution in [0.5, 0.6) is 0 Å². The molecule has 1 saturated carbocycles. The molecule has 1 aliphatic rings. The van der Waals surface area contributed by atoms with Crippen LogP contribution in [0.25, 0.3) is 0 Å². The summed E-state index contributed by atoms with van der Waals surface area (Å²) in [5.41, 5.74) is 6.91. The van der Waals surface area contributed by atoms with Gasteiger partial charge >= 0.3 is 0 Å². The van der Waals surface area contributed by atoms with E-state index in [1.165, 1.54) is 17.1 Å². The smallest absolute Gasteiger partial charge is 0.243 e. The van der Waals surface area contributed by atoms with Gasteiger partial charge in [-0.1, -0.05) is 26.0 Å². The van der Waals surface area contributed by atoms with Gasteiger partial charge in [0.25, 0.3) is 0 Å². The zero-order valence-electron chi connectivity index (χ0n) is 15.1. The zero-order chi connectivity index (χ0) is 18.4. The summed E-state index contributed by atoms with van der Waals surface area (Å²) in [6, 6.07) is 6.85. The van der Waals surface area contributed by atoms with E-state index in [2.05, 4.69) is 5.32 Å². The van der Waals surface area contributed by atoms with Crippen LogP contribution in [-0.4, -0.2) is 44.3 Å². The highest BCUT2D eigenvalue weighted by Crippen LogP contribution is 2.31. The van der Waals surface area contributed by atoms with Crippen LogP contribution in [0.15, 0.2) is 29.2 Å². The largest absolute Gasteiger partial charge is 0.355 e. The van der Waals surface area contributed by atoms with Crippen molar-refractivity contribution < 1.29 is 13.2 Å². The number of nitrogens with two attached hydrogens (primary N) is 1. The van der Waals surface area contributed by atoms with Gasteiger partial charge in [0.2, 0.25) is 15.9 Å². The van der Waals surface area contributed by atoms with Crippen LogP contribution in [-0.2, 0) is 21.2 Å². The van der Waals surface area contributed by atoms with Crippen LogP contribution in [0.3, 0.4) is 0 Å². The summed E-state index contributed by atoms with van der Waals surface area (Å²) in [7, 11) is -3.43. The first kappa shape index (κ1) is 19.9. The Morgan fingerprint density at radius 3 is 2.36 bits per heavy atom. The molecule has 0 heterocycles. The molecule has 0 aromatic heterocycles. The molecule has 3 N–H and O–H groups in total. The van der Waals surface area contributed by atoms with Crippen LogP contribution in [0.4, 0.5) is 0 Å². The minimum Gasteiger partial charge on any atom is -0.355 e. The van der Waals surface area contributed by atoms with Crippen LogP contribution in [0.1, 0.15) is 38.7 Å². The number of hydrogen-bond acceptors (Lipinski definition) is 4. The van der Waals surface area contributed by atoms with E-state index in [0.29, 0.717) is 43.3 Å². The van der Waals surface area contributed by atoms with E-state index in [1.807, 2.05) is 13.8 Å². The Balaban J connectivity index is 1.84. The number of nitrogens with zero attached hydrogens (tertiary/aromatic N) is 1. The van der Waals surface area contributed by atoms with Gasteiger partial charge in [0.15, 0.2) is 0 Å². The van der Waals surface area contributed by atoms with Crippen molar-refractivity contribution in [2.45, 2.75) is 50.5 Å². The first-order chi connectivity index (χ1) is 11.9. The minimum atomic E-state index is -3.43. The first-order valence-corrected chi connectivity index (χ1v) is 10.4. The molecule has 1 amide bonds. The van der Waals surface area contributed by atoms with Crippen LogP contribution in [0.2, 0.25) is 0 Å². The van der Waals surface area contributed by atoms with E-state index in [9.17, 15) is 13.2 Å². The standard InChI is InChI=1S/C18H29N3O3S/c1-3-21(4-2)25(23,24)16-10-5-14(6-11-16)7-12-18(22)20-13-17(19)15-8-9-15/h5-6,10-11,15,17H,3-4,7-9,12-13,19H2,1-2H3,(H,20,22). The number of aryl methyl sites for hydroxylation is 1. The third-order valence-electron chi connectivity index (χ3n) is 4.67. The van der Waals surface area contributed by atoms with E-state index in [4.69, 9.17) is 5.73 Å². The molecule has 0 saturated heterocycles. The molecule has 1 aromatic rings. The normalized spacial score (nSPS) is 16.0. The molecule has 1 aliphatic carbocycles. The molecule has 0 aliphatic heterocycles. The van der Waals surface area contributed by atoms with E-state index < -0.39 is 10.0 Å². The van der Waals surface area contributed by atoms with E-state index in [1.54, 1.807) is 24.3 Å². The molecule has 0 radical (unpaired) electrons. The summed E-state index contributed by atoms with van der Waals surface area (Å²) < 4.78 is 26.3. The van der Waals surface area contributed by atoms with E-state index in [0.717, 1.165) is 5.56 Å². The van der Waals surface area contributed by atoms with Gasteiger partial charge in [-0.2, -0.15) is 4.31 Å². The van der Waals surface area contributed by atoms with Crippen molar-refractivity contribution in [2.75, 3.05) is 19.6 Å². The summed E-state index contributed by atoms with van der Waals surface area (Å²) in [5.74, 6) is 0.552. The predicted octanol–water partition coefficient (Wildman–Crippen LogP) is 1.50. The van der Waals surface area contributed by atoms with Gasteiger partial charge in [0, 0.05) is 32.1 Å². The molecule has 7 heteroatoms. The Bertz CT molecular complexity index is 665. The number of rotatable bonds is 10. The summed E-state index contributed by atoms with van der Waals surface area (Å²) in [4.78, 5) is 12.2. The van der Waals surface area contributed by atoms with Crippen molar-refractivity contribution in [3.63, 3.8) is 0 Å². The van der Waals surface area contributed by atoms with Crippen molar-refractivity contribution in [1.82, 2.24) is 9.62 Å². The molecule has 0 bridgehead atoms. The van der Waals surface area contributed by atoms with Crippen molar-refractivity contribution in [1.29, 1.82) is 0 Å². The highest BCUT2D eigenvalue weighted by atomic mass is 32.2. The van der Waals surface area contributed by atoms with Gasteiger partial charge in [-0.25, -0.2) is 8.42 Å². The molecule has 1 atom stereocenters. The average molecular weight is 368 g/mol. The zero-order valence-corrected chi connectivity index (χ0v) is 15.9. The van der Waals surface area contributed by atoms with Crippen LogP contribution in [0, 0.1) is 5.92 Å². The van der Waals surface area contributed by atoms with Gasteiger partial charge in [-0.15, -0.1) is 0 Å². The number of nitrogens with one attached hydrogen (secondary N) is 1. The van der Waals surface area contributed by atoms with Crippen LogP contribution < -0.4 is 11.1 Å². The number of sulfonamides is 1. The second-order valence-electron chi connectivity index (χ2n) is 6.54. The maximum Gasteiger partial charge on any atom is 0.243 e. The van der Waals surface area contributed by atoms with Crippen molar-refractivity contribution in [3.8, 4) is 0 Å². The average Bonchev–Trinajstić information content (AvgIpc) is 3.44. The molecular weight excluding hydrogens is 338 g/mol. The quantitative estimate of drug-likeness (QED) is 0.655. The van der Waals surface area contributed by atoms with Gasteiger partial charge in [0.1, 0.15) is 0 Å². The van der Waals surface area contributed by atoms with Crippen LogP contribution >= 0.6 is 0 Å². The Labute approximate surface area is 150 Å². The van der Waals surface area contributed by atoms with E-state index >= 15 is 0 Å². The molecule has 1 unspecified atom stereocenters. The van der Waals surface area contributed by atoms with Gasteiger partial charge < -0.3 is 11.1 Å².